The molecule has 4 heteroatoms. The molecule has 1 fully saturated rings. The fraction of sp³-hybridized carbons (Fsp3) is 0.750. The van der Waals surface area contributed by atoms with Crippen LogP contribution in [0, 0.1) is 5.41 Å². The molecule has 3 unspecified atom stereocenters. The Morgan fingerprint density at radius 3 is 2.75 bits per heavy atom. The van der Waals surface area contributed by atoms with Gasteiger partial charge in [0.15, 0.2) is 0 Å². The molecule has 2 rings (SSSR count). The number of hydrogen-bond donors (Lipinski definition) is 2. The van der Waals surface area contributed by atoms with E-state index in [2.05, 4.69) is 31.2 Å². The van der Waals surface area contributed by atoms with E-state index in [0.717, 1.165) is 6.42 Å². The molecular formula is C12H21N3O. The lowest BCUT2D eigenvalue weighted by molar-refractivity contribution is -0.0757. The van der Waals surface area contributed by atoms with Gasteiger partial charge in [0.05, 0.1) is 11.8 Å². The zero-order chi connectivity index (χ0) is 11.9. The summed E-state index contributed by atoms with van der Waals surface area (Å²) in [4.78, 5) is 0. The van der Waals surface area contributed by atoms with Crippen LogP contribution in [-0.4, -0.2) is 27.0 Å². The summed E-state index contributed by atoms with van der Waals surface area (Å²) in [6.07, 6.45) is 2.48. The van der Waals surface area contributed by atoms with Crippen LogP contribution in [-0.2, 0) is 7.05 Å². The normalized spacial score (nSPS) is 29.8. The zero-order valence-electron chi connectivity index (χ0n) is 10.4. The van der Waals surface area contributed by atoms with Crippen molar-refractivity contribution >= 4 is 0 Å². The van der Waals surface area contributed by atoms with Crippen molar-refractivity contribution in [1.82, 2.24) is 15.1 Å². The topological polar surface area (TPSA) is 50.1 Å². The average molecular weight is 223 g/mol. The molecule has 0 spiro atoms. The second-order valence-electron chi connectivity index (χ2n) is 5.39. The molecule has 1 heterocycles. The number of nitrogens with one attached hydrogen (secondary N) is 1. The maximum absolute atomic E-state index is 9.69. The highest BCUT2D eigenvalue weighted by Gasteiger charge is 2.47. The van der Waals surface area contributed by atoms with E-state index in [1.54, 1.807) is 0 Å². The van der Waals surface area contributed by atoms with E-state index in [1.807, 2.05) is 24.0 Å². The fourth-order valence-electron chi connectivity index (χ4n) is 2.38. The van der Waals surface area contributed by atoms with Gasteiger partial charge >= 0.3 is 0 Å². The third-order valence-electron chi connectivity index (χ3n) is 3.97. The first-order chi connectivity index (χ1) is 7.43. The second-order valence-corrected chi connectivity index (χ2v) is 5.39. The van der Waals surface area contributed by atoms with Crippen LogP contribution in [0.5, 0.6) is 0 Å². The van der Waals surface area contributed by atoms with Gasteiger partial charge in [-0.2, -0.15) is 5.10 Å². The Morgan fingerprint density at radius 1 is 1.62 bits per heavy atom. The SMILES string of the molecule is CC(NC1CC(O)C1(C)C)c1ccnn1C. The summed E-state index contributed by atoms with van der Waals surface area (Å²) in [6, 6.07) is 2.68. The van der Waals surface area contributed by atoms with E-state index in [4.69, 9.17) is 0 Å². The van der Waals surface area contributed by atoms with Gasteiger partial charge in [0.25, 0.3) is 0 Å². The van der Waals surface area contributed by atoms with Crippen molar-refractivity contribution in [3.63, 3.8) is 0 Å². The van der Waals surface area contributed by atoms with Gasteiger partial charge < -0.3 is 10.4 Å². The van der Waals surface area contributed by atoms with Gasteiger partial charge in [-0.1, -0.05) is 13.8 Å². The van der Waals surface area contributed by atoms with Crippen LogP contribution in [0.4, 0.5) is 0 Å². The molecule has 0 bridgehead atoms. The lowest BCUT2D eigenvalue weighted by Crippen LogP contribution is -2.60. The van der Waals surface area contributed by atoms with Crippen molar-refractivity contribution < 1.29 is 5.11 Å². The van der Waals surface area contributed by atoms with Crippen LogP contribution in [0.1, 0.15) is 38.9 Å². The minimum atomic E-state index is -0.177. The molecule has 16 heavy (non-hydrogen) atoms. The van der Waals surface area contributed by atoms with Crippen molar-refractivity contribution in [3.05, 3.63) is 18.0 Å². The van der Waals surface area contributed by atoms with Crippen molar-refractivity contribution in [2.24, 2.45) is 12.5 Å². The van der Waals surface area contributed by atoms with Crippen LogP contribution in [0.3, 0.4) is 0 Å². The standard InChI is InChI=1S/C12H21N3O/c1-8(9-5-6-13-15(9)4)14-10-7-11(16)12(10,2)3/h5-6,8,10-11,14,16H,7H2,1-4H3. The molecule has 0 aliphatic heterocycles. The Hall–Kier alpha value is -0.870. The number of rotatable bonds is 3. The minimum absolute atomic E-state index is 0.0210. The Bertz CT molecular complexity index is 372. The van der Waals surface area contributed by atoms with Gasteiger partial charge in [-0.05, 0) is 19.4 Å². The number of aryl methyl sites for hydroxylation is 1. The van der Waals surface area contributed by atoms with Crippen molar-refractivity contribution in [2.45, 2.75) is 45.4 Å². The van der Waals surface area contributed by atoms with Gasteiger partial charge in [-0.25, -0.2) is 0 Å². The van der Waals surface area contributed by atoms with Crippen LogP contribution in [0.15, 0.2) is 12.3 Å². The smallest absolute Gasteiger partial charge is 0.0621 e. The molecular weight excluding hydrogens is 202 g/mol. The van der Waals surface area contributed by atoms with Gasteiger partial charge in [-0.3, -0.25) is 4.68 Å². The molecule has 0 saturated heterocycles. The lowest BCUT2D eigenvalue weighted by atomic mass is 9.64. The van der Waals surface area contributed by atoms with E-state index in [1.165, 1.54) is 5.69 Å². The van der Waals surface area contributed by atoms with Crippen LogP contribution < -0.4 is 5.32 Å². The zero-order valence-corrected chi connectivity index (χ0v) is 10.4. The van der Waals surface area contributed by atoms with Crippen LogP contribution in [0.25, 0.3) is 0 Å². The summed E-state index contributed by atoms with van der Waals surface area (Å²) in [6.45, 7) is 6.35. The Kier molecular flexibility index (Phi) is 2.80. The van der Waals surface area contributed by atoms with Crippen LogP contribution in [0.2, 0.25) is 0 Å². The van der Waals surface area contributed by atoms with Gasteiger partial charge in [-0.15, -0.1) is 0 Å². The number of aliphatic hydroxyl groups excluding tert-OH is 1. The fourth-order valence-corrected chi connectivity index (χ4v) is 2.38. The van der Waals surface area contributed by atoms with Crippen molar-refractivity contribution in [1.29, 1.82) is 0 Å². The van der Waals surface area contributed by atoms with E-state index >= 15 is 0 Å². The highest BCUT2D eigenvalue weighted by Crippen LogP contribution is 2.41. The lowest BCUT2D eigenvalue weighted by Gasteiger charge is -2.50. The summed E-state index contributed by atoms with van der Waals surface area (Å²) in [7, 11) is 1.95. The Morgan fingerprint density at radius 2 is 2.31 bits per heavy atom. The highest BCUT2D eigenvalue weighted by atomic mass is 16.3. The van der Waals surface area contributed by atoms with E-state index in [9.17, 15) is 5.11 Å². The van der Waals surface area contributed by atoms with E-state index < -0.39 is 0 Å². The molecule has 4 nitrogen and oxygen atoms in total. The second kappa shape index (κ2) is 3.86. The van der Waals surface area contributed by atoms with Gasteiger partial charge in [0, 0.05) is 30.7 Å². The number of hydrogen-bond acceptors (Lipinski definition) is 3. The molecule has 0 radical (unpaired) electrons. The third-order valence-corrected chi connectivity index (χ3v) is 3.97. The summed E-state index contributed by atoms with van der Waals surface area (Å²) in [5.74, 6) is 0. The van der Waals surface area contributed by atoms with Gasteiger partial charge in [0.1, 0.15) is 0 Å². The quantitative estimate of drug-likeness (QED) is 0.810. The van der Waals surface area contributed by atoms with E-state index in [0.29, 0.717) is 6.04 Å². The van der Waals surface area contributed by atoms with Gasteiger partial charge in [0.2, 0.25) is 0 Å². The predicted octanol–water partition coefficient (Wildman–Crippen LogP) is 1.23. The highest BCUT2D eigenvalue weighted by molar-refractivity contribution is 5.09. The molecule has 0 amide bonds. The Balaban J connectivity index is 1.99. The molecule has 90 valence electrons. The predicted molar refractivity (Wildman–Crippen MR) is 63.0 cm³/mol. The van der Waals surface area contributed by atoms with E-state index in [-0.39, 0.29) is 17.6 Å². The molecule has 1 aromatic rings. The molecule has 1 aliphatic carbocycles. The summed E-state index contributed by atoms with van der Waals surface area (Å²) in [5, 5.41) is 17.4. The third kappa shape index (κ3) is 1.76. The minimum Gasteiger partial charge on any atom is -0.392 e. The first-order valence-electron chi connectivity index (χ1n) is 5.85. The van der Waals surface area contributed by atoms with Crippen LogP contribution >= 0.6 is 0 Å². The first-order valence-corrected chi connectivity index (χ1v) is 5.85. The number of nitrogens with zero attached hydrogens (tertiary/aromatic N) is 2. The maximum atomic E-state index is 9.69. The molecule has 1 aromatic heterocycles. The largest absolute Gasteiger partial charge is 0.392 e. The Labute approximate surface area is 96.7 Å². The molecule has 2 N–H and O–H groups in total. The molecule has 0 aromatic carbocycles. The molecule has 1 saturated carbocycles. The average Bonchev–Trinajstić information content (AvgIpc) is 2.64. The van der Waals surface area contributed by atoms with Crippen molar-refractivity contribution in [2.75, 3.05) is 0 Å². The number of aliphatic hydroxyl groups is 1. The summed E-state index contributed by atoms with van der Waals surface area (Å²) < 4.78 is 1.89. The first kappa shape index (κ1) is 11.6. The van der Waals surface area contributed by atoms with Crippen molar-refractivity contribution in [3.8, 4) is 0 Å². The maximum Gasteiger partial charge on any atom is 0.0621 e. The monoisotopic (exact) mass is 223 g/mol. The molecule has 3 atom stereocenters. The summed E-state index contributed by atoms with van der Waals surface area (Å²) in [5.41, 5.74) is 1.16. The molecule has 1 aliphatic rings. The number of aromatic nitrogens is 2. The summed E-state index contributed by atoms with van der Waals surface area (Å²) >= 11 is 0.